The number of alkyl halides is 3. The first-order valence-corrected chi connectivity index (χ1v) is 16.8. The van der Waals surface area contributed by atoms with Crippen molar-refractivity contribution >= 4 is 23.3 Å². The van der Waals surface area contributed by atoms with E-state index in [0.29, 0.717) is 43.2 Å². The lowest BCUT2D eigenvalue weighted by Gasteiger charge is -2.36. The minimum absolute atomic E-state index is 0.206. The van der Waals surface area contributed by atoms with Crippen LogP contribution in [-0.4, -0.2) is 78.4 Å². The Kier molecular flexibility index (Phi) is 13.6. The van der Waals surface area contributed by atoms with Gasteiger partial charge >= 0.3 is 12.2 Å². The van der Waals surface area contributed by atoms with E-state index in [1.165, 1.54) is 42.5 Å². The average molecular weight is 703 g/mol. The predicted octanol–water partition coefficient (Wildman–Crippen LogP) is 7.42. The fourth-order valence-corrected chi connectivity index (χ4v) is 5.77. The molecule has 4 atom stereocenters. The number of urea groups is 1. The predicted molar refractivity (Wildman–Crippen MR) is 184 cm³/mol. The van der Waals surface area contributed by atoms with Crippen LogP contribution in [0.2, 0.25) is 0 Å². The van der Waals surface area contributed by atoms with Crippen molar-refractivity contribution in [2.45, 2.75) is 71.0 Å². The summed E-state index contributed by atoms with van der Waals surface area (Å²) in [6.45, 7) is 6.85. The van der Waals surface area contributed by atoms with Crippen molar-refractivity contribution in [1.29, 1.82) is 0 Å². The van der Waals surface area contributed by atoms with E-state index >= 15 is 0 Å². The van der Waals surface area contributed by atoms with Crippen LogP contribution in [0.15, 0.2) is 66.7 Å². The molecule has 1 aliphatic heterocycles. The fourth-order valence-electron chi connectivity index (χ4n) is 5.77. The van der Waals surface area contributed by atoms with E-state index in [1.807, 2.05) is 25.8 Å². The van der Waals surface area contributed by atoms with Gasteiger partial charge in [-0.3, -0.25) is 9.69 Å². The average Bonchev–Trinajstić information content (AvgIpc) is 3.07. The second-order valence-corrected chi connectivity index (χ2v) is 13.0. The SMILES string of the molecule is C[C@@H]1CCCCO[C@@H](CN(C)Cc2ccc(C(F)(F)F)cc2)[C@H](C)CN([C@H](C)CO)C(=O)c2cc(NC(=O)Nc3ccc(F)cc3)ccc2O1. The van der Waals surface area contributed by atoms with Crippen molar-refractivity contribution in [1.82, 2.24) is 9.80 Å². The van der Waals surface area contributed by atoms with Gasteiger partial charge in [-0.15, -0.1) is 0 Å². The number of halogens is 4. The van der Waals surface area contributed by atoms with Crippen LogP contribution in [0.25, 0.3) is 0 Å². The van der Waals surface area contributed by atoms with Gasteiger partial charge in [0.05, 0.1) is 36.0 Å². The van der Waals surface area contributed by atoms with Gasteiger partial charge in [0.15, 0.2) is 0 Å². The molecular weight excluding hydrogens is 656 g/mol. The number of rotatable bonds is 8. The molecule has 1 heterocycles. The molecular formula is C37H46F4N4O5. The zero-order valence-corrected chi connectivity index (χ0v) is 28.8. The largest absolute Gasteiger partial charge is 0.490 e. The number of aliphatic hydroxyl groups is 1. The van der Waals surface area contributed by atoms with Crippen molar-refractivity contribution in [3.63, 3.8) is 0 Å². The summed E-state index contributed by atoms with van der Waals surface area (Å²) in [6, 6.07) is 14.0. The molecule has 1 aliphatic rings. The standard InChI is InChI=1S/C37H46F4N4O5/c1-24-20-45(25(2)23-46)35(47)32-19-31(43-36(48)42-30-14-12-29(38)13-15-30)16-17-33(32)50-26(3)7-5-6-18-49-34(24)22-44(4)21-27-8-10-28(11-9-27)37(39,40)41/h8-17,19,24-26,34,46H,5-7,18,20-23H2,1-4H3,(H2,42,43,48)/t24-,25-,26-,34+/m1/s1. The fraction of sp³-hybridized carbons (Fsp3) is 0.459. The molecule has 0 bridgehead atoms. The summed E-state index contributed by atoms with van der Waals surface area (Å²) in [6.07, 6.45) is -2.70. The van der Waals surface area contributed by atoms with E-state index in [9.17, 15) is 32.3 Å². The van der Waals surface area contributed by atoms with Crippen LogP contribution in [0.4, 0.5) is 33.7 Å². The number of nitrogens with zero attached hydrogens (tertiary/aromatic N) is 2. The van der Waals surface area contributed by atoms with Gasteiger partial charge < -0.3 is 30.1 Å². The van der Waals surface area contributed by atoms with Crippen molar-refractivity contribution in [3.8, 4) is 5.75 Å². The Morgan fingerprint density at radius 2 is 1.68 bits per heavy atom. The van der Waals surface area contributed by atoms with Gasteiger partial charge in [-0.05, 0) is 100 Å². The van der Waals surface area contributed by atoms with Crippen molar-refractivity contribution in [3.05, 3.63) is 89.2 Å². The molecule has 3 aromatic rings. The van der Waals surface area contributed by atoms with Gasteiger partial charge in [0.25, 0.3) is 5.91 Å². The number of carbonyl (C=O) groups is 2. The number of anilines is 2. The Morgan fingerprint density at radius 1 is 1.02 bits per heavy atom. The maximum atomic E-state index is 14.3. The summed E-state index contributed by atoms with van der Waals surface area (Å²) in [5.41, 5.74) is 0.935. The second-order valence-electron chi connectivity index (χ2n) is 13.0. The number of benzene rings is 3. The summed E-state index contributed by atoms with van der Waals surface area (Å²) >= 11 is 0. The number of hydrogen-bond donors (Lipinski definition) is 3. The lowest BCUT2D eigenvalue weighted by molar-refractivity contribution is -0.137. The maximum absolute atomic E-state index is 14.3. The molecule has 3 amide bonds. The number of amides is 3. The zero-order chi connectivity index (χ0) is 36.4. The van der Waals surface area contributed by atoms with Gasteiger partial charge in [0.1, 0.15) is 11.6 Å². The molecule has 3 aromatic carbocycles. The minimum atomic E-state index is -4.41. The third-order valence-corrected chi connectivity index (χ3v) is 8.64. The summed E-state index contributed by atoms with van der Waals surface area (Å²) in [7, 11) is 1.87. The van der Waals surface area contributed by atoms with E-state index in [0.717, 1.165) is 30.5 Å². The van der Waals surface area contributed by atoms with E-state index in [4.69, 9.17) is 9.47 Å². The van der Waals surface area contributed by atoms with E-state index in [-0.39, 0.29) is 36.8 Å². The van der Waals surface area contributed by atoms with Crippen molar-refractivity contribution < 1.29 is 41.7 Å². The third-order valence-electron chi connectivity index (χ3n) is 8.64. The highest BCUT2D eigenvalue weighted by atomic mass is 19.4. The number of nitrogens with one attached hydrogen (secondary N) is 2. The van der Waals surface area contributed by atoms with Gasteiger partial charge in [-0.1, -0.05) is 19.1 Å². The van der Waals surface area contributed by atoms with Gasteiger partial charge in [0.2, 0.25) is 0 Å². The Balaban J connectivity index is 1.56. The number of carbonyl (C=O) groups excluding carboxylic acids is 2. The molecule has 9 nitrogen and oxygen atoms in total. The minimum Gasteiger partial charge on any atom is -0.490 e. The van der Waals surface area contributed by atoms with Crippen molar-refractivity contribution in [2.24, 2.45) is 5.92 Å². The smallest absolute Gasteiger partial charge is 0.416 e. The first-order chi connectivity index (χ1) is 23.7. The molecule has 0 fully saturated rings. The number of aliphatic hydroxyl groups excluding tert-OH is 1. The van der Waals surface area contributed by atoms with E-state index in [1.54, 1.807) is 24.0 Å². The number of ether oxygens (including phenoxy) is 2. The van der Waals surface area contributed by atoms with Crippen LogP contribution < -0.4 is 15.4 Å². The normalized spacial score (nSPS) is 20.0. The summed E-state index contributed by atoms with van der Waals surface area (Å²) < 4.78 is 65.1. The Bertz CT molecular complexity index is 1550. The molecule has 3 N–H and O–H groups in total. The van der Waals surface area contributed by atoms with E-state index in [2.05, 4.69) is 10.6 Å². The Labute approximate surface area is 290 Å². The van der Waals surface area contributed by atoms with Crippen LogP contribution in [0.5, 0.6) is 5.75 Å². The Hall–Kier alpha value is -4.20. The molecule has 0 saturated carbocycles. The lowest BCUT2D eigenvalue weighted by Crippen LogP contribution is -2.47. The highest BCUT2D eigenvalue weighted by Gasteiger charge is 2.32. The number of likely N-dealkylation sites (N-methyl/N-ethyl adjacent to an activating group) is 1. The topological polar surface area (TPSA) is 103 Å². The molecule has 0 radical (unpaired) electrons. The maximum Gasteiger partial charge on any atom is 0.416 e. The molecule has 0 unspecified atom stereocenters. The first-order valence-electron chi connectivity index (χ1n) is 16.8. The van der Waals surface area contributed by atoms with Crippen LogP contribution >= 0.6 is 0 Å². The third kappa shape index (κ3) is 11.2. The highest BCUT2D eigenvalue weighted by Crippen LogP contribution is 2.30. The summed E-state index contributed by atoms with van der Waals surface area (Å²) in [4.78, 5) is 30.6. The van der Waals surface area contributed by atoms with E-state index < -0.39 is 35.5 Å². The molecule has 13 heteroatoms. The summed E-state index contributed by atoms with van der Waals surface area (Å²) in [5.74, 6) is -0.709. The Morgan fingerprint density at radius 3 is 2.34 bits per heavy atom. The molecule has 0 aromatic heterocycles. The first kappa shape index (κ1) is 38.6. The molecule has 0 spiro atoms. The molecule has 50 heavy (non-hydrogen) atoms. The number of fused-ring (bicyclic) bond motifs is 1. The monoisotopic (exact) mass is 702 g/mol. The van der Waals surface area contributed by atoms with Crippen LogP contribution in [0.1, 0.15) is 61.5 Å². The molecule has 0 aliphatic carbocycles. The van der Waals surface area contributed by atoms with Crippen molar-refractivity contribution in [2.75, 3.05) is 44.0 Å². The second kappa shape index (κ2) is 17.6. The molecule has 272 valence electrons. The van der Waals surface area contributed by atoms with Gasteiger partial charge in [-0.2, -0.15) is 13.2 Å². The van der Waals surface area contributed by atoms with Crippen LogP contribution in [-0.2, 0) is 17.5 Å². The lowest BCUT2D eigenvalue weighted by atomic mass is 10.0. The quantitative estimate of drug-likeness (QED) is 0.211. The highest BCUT2D eigenvalue weighted by molar-refractivity contribution is 6.02. The van der Waals surface area contributed by atoms with Crippen LogP contribution in [0, 0.1) is 11.7 Å². The zero-order valence-electron chi connectivity index (χ0n) is 28.8. The van der Waals surface area contributed by atoms with Gasteiger partial charge in [0, 0.05) is 43.5 Å². The summed E-state index contributed by atoms with van der Waals surface area (Å²) in [5, 5.41) is 15.6. The van der Waals surface area contributed by atoms with Crippen LogP contribution in [0.3, 0.4) is 0 Å². The molecule has 0 saturated heterocycles. The molecule has 4 rings (SSSR count). The van der Waals surface area contributed by atoms with Gasteiger partial charge in [-0.25, -0.2) is 9.18 Å². The number of hydrogen-bond acceptors (Lipinski definition) is 6.